The molecule has 0 aliphatic rings. The standard InChI is InChI=1S/C20H19N7O2/c1-14(12-26-20(29)17-10-6-5-9-16(17)11-21-26)22-18(28)13-27-24-19(23-25-27)15-7-3-2-4-8-15/h2-11,14H,12-13H2,1H3,(H,22,28). The van der Waals surface area contributed by atoms with Gasteiger partial charge in [-0.25, -0.2) is 4.68 Å². The van der Waals surface area contributed by atoms with Crippen LogP contribution in [0, 0.1) is 0 Å². The van der Waals surface area contributed by atoms with E-state index >= 15 is 0 Å². The molecule has 0 saturated heterocycles. The van der Waals surface area contributed by atoms with Crippen LogP contribution in [0.1, 0.15) is 6.92 Å². The smallest absolute Gasteiger partial charge is 0.274 e. The predicted molar refractivity (Wildman–Crippen MR) is 107 cm³/mol. The van der Waals surface area contributed by atoms with E-state index < -0.39 is 0 Å². The first-order chi connectivity index (χ1) is 14.1. The SMILES string of the molecule is CC(Cn1ncc2ccccc2c1=O)NC(=O)Cn1nnc(-c2ccccc2)n1. The summed E-state index contributed by atoms with van der Waals surface area (Å²) in [5, 5.41) is 20.5. The van der Waals surface area contributed by atoms with E-state index in [-0.39, 0.29) is 30.6 Å². The van der Waals surface area contributed by atoms with Crippen LogP contribution in [0.25, 0.3) is 22.2 Å². The highest BCUT2D eigenvalue weighted by Gasteiger charge is 2.13. The van der Waals surface area contributed by atoms with Crippen molar-refractivity contribution in [3.8, 4) is 11.4 Å². The van der Waals surface area contributed by atoms with Crippen molar-refractivity contribution >= 4 is 16.7 Å². The fourth-order valence-electron chi connectivity index (χ4n) is 3.02. The maximum absolute atomic E-state index is 12.5. The molecule has 29 heavy (non-hydrogen) atoms. The summed E-state index contributed by atoms with van der Waals surface area (Å²) in [4.78, 5) is 26.1. The Hall–Kier alpha value is -3.88. The fourth-order valence-corrected chi connectivity index (χ4v) is 3.02. The molecule has 1 unspecified atom stereocenters. The number of hydrogen-bond donors (Lipinski definition) is 1. The van der Waals surface area contributed by atoms with Crippen LogP contribution in [0.3, 0.4) is 0 Å². The van der Waals surface area contributed by atoms with Crippen LogP contribution < -0.4 is 10.9 Å². The van der Waals surface area contributed by atoms with Gasteiger partial charge < -0.3 is 5.32 Å². The van der Waals surface area contributed by atoms with E-state index in [0.29, 0.717) is 11.2 Å². The van der Waals surface area contributed by atoms with Crippen molar-refractivity contribution in [3.63, 3.8) is 0 Å². The van der Waals surface area contributed by atoms with Crippen molar-refractivity contribution < 1.29 is 4.79 Å². The first kappa shape index (κ1) is 18.5. The lowest BCUT2D eigenvalue weighted by atomic mass is 10.2. The second-order valence-corrected chi connectivity index (χ2v) is 6.70. The van der Waals surface area contributed by atoms with Gasteiger partial charge in [0.25, 0.3) is 5.56 Å². The molecule has 4 rings (SSSR count). The van der Waals surface area contributed by atoms with Crippen LogP contribution in [-0.2, 0) is 17.9 Å². The average molecular weight is 389 g/mol. The summed E-state index contributed by atoms with van der Waals surface area (Å²) >= 11 is 0. The molecule has 2 heterocycles. The van der Waals surface area contributed by atoms with Crippen LogP contribution >= 0.6 is 0 Å². The number of carbonyl (C=O) groups is 1. The Balaban J connectivity index is 1.38. The Kier molecular flexibility index (Phi) is 5.10. The quantitative estimate of drug-likeness (QED) is 0.532. The molecule has 2 aromatic heterocycles. The molecule has 9 nitrogen and oxygen atoms in total. The molecule has 0 aliphatic heterocycles. The van der Waals surface area contributed by atoms with Gasteiger partial charge in [0.05, 0.1) is 18.1 Å². The van der Waals surface area contributed by atoms with Gasteiger partial charge in [-0.3, -0.25) is 9.59 Å². The number of hydrogen-bond acceptors (Lipinski definition) is 6. The van der Waals surface area contributed by atoms with Crippen molar-refractivity contribution in [2.45, 2.75) is 26.1 Å². The molecule has 2 aromatic carbocycles. The number of carbonyl (C=O) groups excluding carboxylic acids is 1. The molecule has 0 saturated carbocycles. The van der Waals surface area contributed by atoms with E-state index in [4.69, 9.17) is 0 Å². The highest BCUT2D eigenvalue weighted by atomic mass is 16.2. The summed E-state index contributed by atoms with van der Waals surface area (Å²) in [6.45, 7) is 2.01. The zero-order valence-corrected chi connectivity index (χ0v) is 15.8. The molecule has 0 radical (unpaired) electrons. The first-order valence-corrected chi connectivity index (χ1v) is 9.17. The van der Waals surface area contributed by atoms with Gasteiger partial charge in [0, 0.05) is 17.0 Å². The molecule has 146 valence electrons. The highest BCUT2D eigenvalue weighted by molar-refractivity contribution is 5.80. The number of benzene rings is 2. The highest BCUT2D eigenvalue weighted by Crippen LogP contribution is 2.11. The summed E-state index contributed by atoms with van der Waals surface area (Å²) in [6, 6.07) is 16.4. The van der Waals surface area contributed by atoms with Crippen LogP contribution in [0.2, 0.25) is 0 Å². The van der Waals surface area contributed by atoms with E-state index in [2.05, 4.69) is 25.8 Å². The van der Waals surface area contributed by atoms with Crippen LogP contribution in [-0.4, -0.2) is 41.9 Å². The molecular formula is C20H19N7O2. The summed E-state index contributed by atoms with van der Waals surface area (Å²) < 4.78 is 1.36. The molecule has 1 amide bonds. The van der Waals surface area contributed by atoms with Crippen LogP contribution in [0.5, 0.6) is 0 Å². The molecule has 1 atom stereocenters. The van der Waals surface area contributed by atoms with Crippen molar-refractivity contribution in [1.82, 2.24) is 35.3 Å². The first-order valence-electron chi connectivity index (χ1n) is 9.17. The van der Waals surface area contributed by atoms with Crippen LogP contribution in [0.15, 0.2) is 65.6 Å². The third-order valence-electron chi connectivity index (χ3n) is 4.39. The van der Waals surface area contributed by atoms with Gasteiger partial charge in [0.15, 0.2) is 0 Å². The van der Waals surface area contributed by atoms with Crippen molar-refractivity contribution in [1.29, 1.82) is 0 Å². The molecule has 0 fully saturated rings. The van der Waals surface area contributed by atoms with Gasteiger partial charge in [-0.2, -0.15) is 9.90 Å². The third-order valence-corrected chi connectivity index (χ3v) is 4.39. The van der Waals surface area contributed by atoms with E-state index in [1.54, 1.807) is 12.3 Å². The molecule has 0 spiro atoms. The minimum atomic E-state index is -0.300. The minimum absolute atomic E-state index is 0.0653. The number of aromatic nitrogens is 6. The predicted octanol–water partition coefficient (Wildman–Crippen LogP) is 1.25. The number of tetrazole rings is 1. The van der Waals surface area contributed by atoms with Gasteiger partial charge >= 0.3 is 0 Å². The van der Waals surface area contributed by atoms with Crippen molar-refractivity contribution in [3.05, 3.63) is 71.1 Å². The van der Waals surface area contributed by atoms with Gasteiger partial charge in [0.2, 0.25) is 11.7 Å². The summed E-state index contributed by atoms with van der Waals surface area (Å²) in [6.07, 6.45) is 1.65. The minimum Gasteiger partial charge on any atom is -0.350 e. The Morgan fingerprint density at radius 1 is 1.10 bits per heavy atom. The Labute approximate surface area is 166 Å². The summed E-state index contributed by atoms with van der Waals surface area (Å²) in [5.74, 6) is 0.182. The maximum atomic E-state index is 12.5. The Morgan fingerprint density at radius 3 is 2.69 bits per heavy atom. The zero-order chi connectivity index (χ0) is 20.2. The van der Waals surface area contributed by atoms with Gasteiger partial charge in [0.1, 0.15) is 6.54 Å². The van der Waals surface area contributed by atoms with Crippen molar-refractivity contribution in [2.24, 2.45) is 0 Å². The van der Waals surface area contributed by atoms with Gasteiger partial charge in [-0.15, -0.1) is 10.2 Å². The average Bonchev–Trinajstić information content (AvgIpc) is 3.19. The Morgan fingerprint density at radius 2 is 1.86 bits per heavy atom. The fraction of sp³-hybridized carbons (Fsp3) is 0.200. The molecule has 4 aromatic rings. The monoisotopic (exact) mass is 389 g/mol. The van der Waals surface area contributed by atoms with E-state index in [1.165, 1.54) is 9.48 Å². The second kappa shape index (κ2) is 8.01. The zero-order valence-electron chi connectivity index (χ0n) is 15.8. The molecular weight excluding hydrogens is 370 g/mol. The Bertz CT molecular complexity index is 1200. The largest absolute Gasteiger partial charge is 0.350 e. The lowest BCUT2D eigenvalue weighted by Crippen LogP contribution is -2.40. The lowest BCUT2D eigenvalue weighted by Gasteiger charge is -2.14. The number of nitrogens with zero attached hydrogens (tertiary/aromatic N) is 6. The number of amides is 1. The molecule has 0 bridgehead atoms. The summed E-state index contributed by atoms with van der Waals surface area (Å²) in [7, 11) is 0. The molecule has 9 heteroatoms. The molecule has 1 N–H and O–H groups in total. The summed E-state index contributed by atoms with van der Waals surface area (Å²) in [5.41, 5.74) is 0.643. The normalized spacial score (nSPS) is 12.0. The van der Waals surface area contributed by atoms with Crippen LogP contribution in [0.4, 0.5) is 0 Å². The lowest BCUT2D eigenvalue weighted by molar-refractivity contribution is -0.122. The third kappa shape index (κ3) is 4.18. The molecule has 0 aliphatic carbocycles. The number of nitrogens with one attached hydrogen (secondary N) is 1. The second-order valence-electron chi connectivity index (χ2n) is 6.70. The maximum Gasteiger partial charge on any atom is 0.274 e. The van der Waals surface area contributed by atoms with Gasteiger partial charge in [-0.05, 0) is 18.2 Å². The van der Waals surface area contributed by atoms with Crippen molar-refractivity contribution in [2.75, 3.05) is 0 Å². The van der Waals surface area contributed by atoms with Gasteiger partial charge in [-0.1, -0.05) is 48.5 Å². The number of rotatable bonds is 6. The number of fused-ring (bicyclic) bond motifs is 1. The van der Waals surface area contributed by atoms with E-state index in [0.717, 1.165) is 10.9 Å². The van der Waals surface area contributed by atoms with E-state index in [1.807, 2.05) is 55.5 Å². The topological polar surface area (TPSA) is 108 Å². The van der Waals surface area contributed by atoms with E-state index in [9.17, 15) is 9.59 Å².